The normalized spacial score (nSPS) is 27.7. The Bertz CT molecular complexity index is 1180. The number of hydrogen-bond donors (Lipinski definition) is 2. The lowest BCUT2D eigenvalue weighted by Gasteiger charge is -2.29. The smallest absolute Gasteiger partial charge is 0.250 e. The second-order valence-corrected chi connectivity index (χ2v) is 9.09. The first kappa shape index (κ1) is 21.7. The third-order valence-electron chi connectivity index (χ3n) is 6.99. The van der Waals surface area contributed by atoms with E-state index in [2.05, 4.69) is 10.6 Å². The van der Waals surface area contributed by atoms with Crippen molar-refractivity contribution in [2.45, 2.75) is 24.9 Å². The summed E-state index contributed by atoms with van der Waals surface area (Å²) < 4.78 is 10.6. The van der Waals surface area contributed by atoms with E-state index >= 15 is 0 Å². The van der Waals surface area contributed by atoms with Crippen LogP contribution in [-0.4, -0.2) is 49.4 Å². The Morgan fingerprint density at radius 2 is 1.79 bits per heavy atom. The van der Waals surface area contributed by atoms with Gasteiger partial charge in [-0.25, -0.2) is 0 Å². The molecule has 5 rings (SSSR count). The van der Waals surface area contributed by atoms with Gasteiger partial charge in [-0.05, 0) is 49.2 Å². The van der Waals surface area contributed by atoms with Crippen molar-refractivity contribution in [3.8, 4) is 11.5 Å². The van der Waals surface area contributed by atoms with E-state index in [-0.39, 0.29) is 30.3 Å². The van der Waals surface area contributed by atoms with Crippen molar-refractivity contribution in [2.75, 3.05) is 26.1 Å². The van der Waals surface area contributed by atoms with E-state index in [0.29, 0.717) is 34.2 Å². The number of benzene rings is 2. The van der Waals surface area contributed by atoms with Crippen LogP contribution in [0.25, 0.3) is 0 Å². The largest absolute Gasteiger partial charge is 0.493 e. The zero-order chi connectivity index (χ0) is 23.5. The molecule has 2 aromatic rings. The number of carbonyl (C=O) groups excluding carboxylic acids is 3. The molecular weight excluding hydrogens is 446 g/mol. The Morgan fingerprint density at radius 1 is 1.03 bits per heavy atom. The highest BCUT2D eigenvalue weighted by Gasteiger charge is 2.69. The van der Waals surface area contributed by atoms with Crippen molar-refractivity contribution in [3.05, 3.63) is 52.5 Å². The first-order chi connectivity index (χ1) is 15.8. The lowest BCUT2D eigenvalue weighted by Crippen LogP contribution is -2.53. The molecule has 0 unspecified atom stereocenters. The average molecular weight is 470 g/mol. The summed E-state index contributed by atoms with van der Waals surface area (Å²) in [6, 6.07) is 10.3. The molecule has 8 nitrogen and oxygen atoms in total. The van der Waals surface area contributed by atoms with Crippen molar-refractivity contribution in [3.63, 3.8) is 0 Å². The van der Waals surface area contributed by atoms with Gasteiger partial charge in [0.25, 0.3) is 0 Å². The summed E-state index contributed by atoms with van der Waals surface area (Å²) in [6.07, 6.45) is 0.459. The number of methoxy groups -OCH3 is 2. The van der Waals surface area contributed by atoms with Gasteiger partial charge in [0.05, 0.1) is 26.1 Å². The fraction of sp³-hybridized carbons (Fsp3) is 0.375. The summed E-state index contributed by atoms with van der Waals surface area (Å²) in [5.41, 5.74) is 0.813. The van der Waals surface area contributed by atoms with Gasteiger partial charge in [0, 0.05) is 28.9 Å². The van der Waals surface area contributed by atoms with Crippen LogP contribution in [0.5, 0.6) is 11.5 Å². The molecule has 3 amide bonds. The maximum Gasteiger partial charge on any atom is 0.250 e. The summed E-state index contributed by atoms with van der Waals surface area (Å²) in [5, 5.41) is 6.59. The summed E-state index contributed by atoms with van der Waals surface area (Å²) in [6.45, 7) is 2.05. The van der Waals surface area contributed by atoms with Crippen LogP contribution in [0.3, 0.4) is 0 Å². The number of anilines is 1. The predicted octanol–water partition coefficient (Wildman–Crippen LogP) is 2.34. The van der Waals surface area contributed by atoms with Crippen LogP contribution in [-0.2, 0) is 26.3 Å². The molecule has 2 aromatic carbocycles. The summed E-state index contributed by atoms with van der Waals surface area (Å²) in [5.74, 6) is -1.20. The molecular formula is C24H24ClN3O5. The van der Waals surface area contributed by atoms with E-state index in [0.717, 1.165) is 5.56 Å². The fourth-order valence-corrected chi connectivity index (χ4v) is 5.66. The maximum atomic E-state index is 13.6. The quantitative estimate of drug-likeness (QED) is 0.652. The van der Waals surface area contributed by atoms with Gasteiger partial charge in [0.15, 0.2) is 11.5 Å². The molecule has 0 aromatic heterocycles. The summed E-state index contributed by atoms with van der Waals surface area (Å²) in [4.78, 5) is 41.4. The number of hydrogen-bond acceptors (Lipinski definition) is 6. The van der Waals surface area contributed by atoms with Crippen LogP contribution >= 0.6 is 11.6 Å². The monoisotopic (exact) mass is 469 g/mol. The topological polar surface area (TPSA) is 97.0 Å². The van der Waals surface area contributed by atoms with E-state index in [1.807, 2.05) is 19.1 Å². The Kier molecular flexibility index (Phi) is 5.10. The molecule has 4 atom stereocenters. The van der Waals surface area contributed by atoms with Crippen molar-refractivity contribution < 1.29 is 23.9 Å². The molecule has 1 spiro atoms. The van der Waals surface area contributed by atoms with E-state index < -0.39 is 17.4 Å². The van der Waals surface area contributed by atoms with Crippen molar-refractivity contribution in [2.24, 2.45) is 11.8 Å². The summed E-state index contributed by atoms with van der Waals surface area (Å²) >= 11 is 6.22. The number of amides is 3. The Balaban J connectivity index is 1.45. The fourth-order valence-electron chi connectivity index (χ4n) is 5.49. The van der Waals surface area contributed by atoms with E-state index in [1.165, 1.54) is 4.90 Å². The zero-order valence-electron chi connectivity index (χ0n) is 18.5. The molecule has 0 saturated carbocycles. The van der Waals surface area contributed by atoms with Gasteiger partial charge in [-0.2, -0.15) is 0 Å². The van der Waals surface area contributed by atoms with Crippen LogP contribution in [0.15, 0.2) is 36.4 Å². The lowest BCUT2D eigenvalue weighted by molar-refractivity contribution is -0.142. The van der Waals surface area contributed by atoms with Crippen LogP contribution in [0, 0.1) is 11.8 Å². The lowest BCUT2D eigenvalue weighted by atomic mass is 9.76. The van der Waals surface area contributed by atoms with Gasteiger partial charge in [-0.3, -0.25) is 24.6 Å². The molecule has 3 aliphatic heterocycles. The highest BCUT2D eigenvalue weighted by atomic mass is 35.5. The number of imide groups is 1. The molecule has 172 valence electrons. The molecule has 33 heavy (non-hydrogen) atoms. The van der Waals surface area contributed by atoms with Gasteiger partial charge in [-0.15, -0.1) is 0 Å². The number of rotatable bonds is 5. The van der Waals surface area contributed by atoms with Gasteiger partial charge in [0.1, 0.15) is 5.54 Å². The number of fused-ring (bicyclic) bond motifs is 4. The van der Waals surface area contributed by atoms with Crippen LogP contribution in [0.2, 0.25) is 5.02 Å². The molecule has 0 aliphatic carbocycles. The van der Waals surface area contributed by atoms with Crippen LogP contribution in [0.4, 0.5) is 5.69 Å². The molecule has 0 radical (unpaired) electrons. The minimum Gasteiger partial charge on any atom is -0.493 e. The highest BCUT2D eigenvalue weighted by molar-refractivity contribution is 6.31. The Hall–Kier alpha value is -3.10. The SMILES string of the molecule is COc1ccc(CCN2C(=O)[C@@H]3[C@H](C)N[C@]4(C(=O)Nc5ccc(Cl)cc54)[C@@H]3C2=O)cc1OC. The first-order valence-corrected chi connectivity index (χ1v) is 11.1. The number of nitrogens with one attached hydrogen (secondary N) is 2. The van der Waals surface area contributed by atoms with Crippen LogP contribution < -0.4 is 20.1 Å². The molecule has 9 heteroatoms. The molecule has 0 bridgehead atoms. The predicted molar refractivity (Wildman–Crippen MR) is 121 cm³/mol. The van der Waals surface area contributed by atoms with E-state index in [9.17, 15) is 14.4 Å². The molecule has 2 N–H and O–H groups in total. The van der Waals surface area contributed by atoms with Gasteiger partial charge >= 0.3 is 0 Å². The number of carbonyl (C=O) groups is 3. The second kappa shape index (κ2) is 7.74. The number of halogens is 1. The van der Waals surface area contributed by atoms with E-state index in [1.54, 1.807) is 38.5 Å². The summed E-state index contributed by atoms with van der Waals surface area (Å²) in [7, 11) is 3.12. The highest BCUT2D eigenvalue weighted by Crippen LogP contribution is 2.53. The van der Waals surface area contributed by atoms with Gasteiger partial charge < -0.3 is 14.8 Å². The number of nitrogens with zero attached hydrogens (tertiary/aromatic N) is 1. The Morgan fingerprint density at radius 3 is 2.52 bits per heavy atom. The third-order valence-corrected chi connectivity index (χ3v) is 7.22. The van der Waals surface area contributed by atoms with E-state index in [4.69, 9.17) is 21.1 Å². The number of ether oxygens (including phenoxy) is 2. The van der Waals surface area contributed by atoms with Crippen molar-refractivity contribution >= 4 is 35.0 Å². The Labute approximate surface area is 196 Å². The molecule has 2 fully saturated rings. The van der Waals surface area contributed by atoms with Gasteiger partial charge in [-0.1, -0.05) is 17.7 Å². The molecule has 3 aliphatic rings. The molecule has 3 heterocycles. The van der Waals surface area contributed by atoms with Crippen molar-refractivity contribution in [1.29, 1.82) is 0 Å². The second-order valence-electron chi connectivity index (χ2n) is 8.66. The van der Waals surface area contributed by atoms with Crippen LogP contribution in [0.1, 0.15) is 18.1 Å². The minimum absolute atomic E-state index is 0.215. The third kappa shape index (κ3) is 3.04. The number of likely N-dealkylation sites (tertiary alicyclic amines) is 1. The maximum absolute atomic E-state index is 13.6. The van der Waals surface area contributed by atoms with Crippen molar-refractivity contribution in [1.82, 2.24) is 10.2 Å². The van der Waals surface area contributed by atoms with Gasteiger partial charge in [0.2, 0.25) is 17.7 Å². The standard InChI is InChI=1S/C24H24ClN3O5/c1-12-19-20(24(27-12)15-11-14(25)5-6-16(15)26-23(24)31)22(30)28(21(19)29)9-8-13-4-7-17(32-2)18(10-13)33-3/h4-7,10-12,19-20,27H,8-9H2,1-3H3,(H,26,31)/t12-,19+,20-,24-/m0/s1. The zero-order valence-corrected chi connectivity index (χ0v) is 19.2. The molecule has 2 saturated heterocycles. The minimum atomic E-state index is -1.31. The first-order valence-electron chi connectivity index (χ1n) is 10.8. The average Bonchev–Trinajstić information content (AvgIpc) is 3.36.